The van der Waals surface area contributed by atoms with E-state index in [1.54, 1.807) is 6.07 Å². The van der Waals surface area contributed by atoms with Crippen molar-refractivity contribution in [1.82, 2.24) is 15.1 Å². The third kappa shape index (κ3) is 2.36. The lowest BCUT2D eigenvalue weighted by atomic mass is 9.74. The van der Waals surface area contributed by atoms with E-state index in [0.717, 1.165) is 44.0 Å². The Morgan fingerprint density at radius 2 is 1.91 bits per heavy atom. The molecule has 2 aliphatic heterocycles. The normalized spacial score (nSPS) is 18.6. The molecule has 4 rings (SSSR count). The fourth-order valence-corrected chi connectivity index (χ4v) is 3.55. The fraction of sp³-hybridized carbons (Fsp3) is 0.389. The number of rotatable bonds is 1. The Bertz CT molecular complexity index is 734. The quantitative estimate of drug-likeness (QED) is 0.811. The first-order valence-corrected chi connectivity index (χ1v) is 8.00. The van der Waals surface area contributed by atoms with Gasteiger partial charge in [-0.15, -0.1) is 5.10 Å². The molecule has 2 aliphatic rings. The Kier molecular flexibility index (Phi) is 3.29. The van der Waals surface area contributed by atoms with Crippen LogP contribution in [0.5, 0.6) is 5.75 Å². The summed E-state index contributed by atoms with van der Waals surface area (Å²) in [7, 11) is 0. The highest BCUT2D eigenvalue weighted by Gasteiger charge is 2.43. The van der Waals surface area contributed by atoms with Crippen LogP contribution in [0.2, 0.25) is 0 Å². The van der Waals surface area contributed by atoms with E-state index < -0.39 is 0 Å². The number of aromatic nitrogens is 2. The number of nitrogens with zero attached hydrogens (tertiary/aromatic N) is 3. The molecule has 5 nitrogen and oxygen atoms in total. The molecule has 2 aromatic rings. The summed E-state index contributed by atoms with van der Waals surface area (Å²) in [4.78, 5) is 14.4. The van der Waals surface area contributed by atoms with Gasteiger partial charge in [-0.1, -0.05) is 18.2 Å². The summed E-state index contributed by atoms with van der Waals surface area (Å²) >= 11 is 0. The zero-order valence-corrected chi connectivity index (χ0v) is 13.2. The van der Waals surface area contributed by atoms with Crippen LogP contribution in [-0.2, 0) is 5.41 Å². The minimum absolute atomic E-state index is 0.0282. The van der Waals surface area contributed by atoms with E-state index in [0.29, 0.717) is 5.69 Å². The van der Waals surface area contributed by atoms with Crippen molar-refractivity contribution in [3.63, 3.8) is 0 Å². The predicted molar refractivity (Wildman–Crippen MR) is 85.5 cm³/mol. The van der Waals surface area contributed by atoms with E-state index in [9.17, 15) is 4.79 Å². The number of carbonyl (C=O) groups is 1. The Labute approximate surface area is 135 Å². The maximum absolute atomic E-state index is 12.6. The topological polar surface area (TPSA) is 55.3 Å². The summed E-state index contributed by atoms with van der Waals surface area (Å²) < 4.78 is 5.86. The molecular formula is C18H19N3O2. The third-order valence-corrected chi connectivity index (χ3v) is 4.99. The van der Waals surface area contributed by atoms with Gasteiger partial charge in [0.15, 0.2) is 5.69 Å². The molecule has 1 spiro atoms. The van der Waals surface area contributed by atoms with Crippen molar-refractivity contribution in [3.05, 3.63) is 53.3 Å². The summed E-state index contributed by atoms with van der Waals surface area (Å²) in [5, 5.41) is 7.99. The Morgan fingerprint density at radius 3 is 2.65 bits per heavy atom. The van der Waals surface area contributed by atoms with Gasteiger partial charge in [0.05, 0.1) is 12.3 Å². The lowest BCUT2D eigenvalue weighted by Crippen LogP contribution is -2.46. The van der Waals surface area contributed by atoms with Gasteiger partial charge >= 0.3 is 0 Å². The van der Waals surface area contributed by atoms with E-state index in [4.69, 9.17) is 4.74 Å². The second-order valence-corrected chi connectivity index (χ2v) is 6.42. The molecule has 5 heteroatoms. The molecule has 0 N–H and O–H groups in total. The van der Waals surface area contributed by atoms with Crippen molar-refractivity contribution in [2.45, 2.75) is 25.2 Å². The van der Waals surface area contributed by atoms with Crippen LogP contribution >= 0.6 is 0 Å². The minimum Gasteiger partial charge on any atom is -0.492 e. The van der Waals surface area contributed by atoms with E-state index in [-0.39, 0.29) is 11.3 Å². The van der Waals surface area contributed by atoms with Crippen LogP contribution in [0.4, 0.5) is 0 Å². The molecular weight excluding hydrogens is 290 g/mol. The second-order valence-electron chi connectivity index (χ2n) is 6.42. The van der Waals surface area contributed by atoms with Gasteiger partial charge in [0, 0.05) is 24.1 Å². The maximum atomic E-state index is 12.6. The molecule has 3 heterocycles. The summed E-state index contributed by atoms with van der Waals surface area (Å²) in [5.41, 5.74) is 2.60. The van der Waals surface area contributed by atoms with Crippen molar-refractivity contribution >= 4 is 5.91 Å². The average molecular weight is 309 g/mol. The number of hydrogen-bond acceptors (Lipinski definition) is 4. The first kappa shape index (κ1) is 14.2. The van der Waals surface area contributed by atoms with Gasteiger partial charge in [-0.3, -0.25) is 4.79 Å². The number of likely N-dealkylation sites (tertiary alicyclic amines) is 1. The predicted octanol–water partition coefficient (Wildman–Crippen LogP) is 2.35. The Hall–Kier alpha value is -2.43. The fourth-order valence-electron chi connectivity index (χ4n) is 3.55. The van der Waals surface area contributed by atoms with Crippen molar-refractivity contribution in [1.29, 1.82) is 0 Å². The number of amides is 1. The molecule has 0 aliphatic carbocycles. The summed E-state index contributed by atoms with van der Waals surface area (Å²) in [6, 6.07) is 11.8. The van der Waals surface area contributed by atoms with Crippen LogP contribution in [0.25, 0.3) is 0 Å². The van der Waals surface area contributed by atoms with Crippen LogP contribution in [0.15, 0.2) is 36.4 Å². The van der Waals surface area contributed by atoms with Crippen molar-refractivity contribution < 1.29 is 9.53 Å². The smallest absolute Gasteiger partial charge is 0.274 e. The van der Waals surface area contributed by atoms with E-state index in [2.05, 4.69) is 22.3 Å². The van der Waals surface area contributed by atoms with Gasteiger partial charge in [0.1, 0.15) is 5.75 Å². The molecule has 1 amide bonds. The van der Waals surface area contributed by atoms with Crippen LogP contribution < -0.4 is 4.74 Å². The van der Waals surface area contributed by atoms with Crippen LogP contribution in [0, 0.1) is 6.92 Å². The molecule has 1 aromatic carbocycles. The third-order valence-electron chi connectivity index (χ3n) is 4.99. The second kappa shape index (κ2) is 5.33. The first-order chi connectivity index (χ1) is 11.2. The monoisotopic (exact) mass is 309 g/mol. The lowest BCUT2D eigenvalue weighted by molar-refractivity contribution is 0.0639. The van der Waals surface area contributed by atoms with Crippen LogP contribution in [-0.4, -0.2) is 40.7 Å². The molecule has 23 heavy (non-hydrogen) atoms. The highest BCUT2D eigenvalue weighted by molar-refractivity contribution is 5.92. The number of para-hydroxylation sites is 1. The van der Waals surface area contributed by atoms with Gasteiger partial charge in [0.25, 0.3) is 5.91 Å². The van der Waals surface area contributed by atoms with E-state index in [1.165, 1.54) is 5.56 Å². The number of benzene rings is 1. The number of fused-ring (bicyclic) bond motifs is 2. The summed E-state index contributed by atoms with van der Waals surface area (Å²) in [5.74, 6) is 0.969. The van der Waals surface area contributed by atoms with Crippen LogP contribution in [0.3, 0.4) is 0 Å². The molecule has 1 saturated heterocycles. The van der Waals surface area contributed by atoms with Crippen LogP contribution in [0.1, 0.15) is 34.6 Å². The largest absolute Gasteiger partial charge is 0.492 e. The molecule has 0 radical (unpaired) electrons. The van der Waals surface area contributed by atoms with E-state index in [1.807, 2.05) is 30.0 Å². The Morgan fingerprint density at radius 1 is 1.13 bits per heavy atom. The first-order valence-electron chi connectivity index (χ1n) is 8.00. The lowest BCUT2D eigenvalue weighted by Gasteiger charge is -2.38. The molecule has 0 bridgehead atoms. The highest BCUT2D eigenvalue weighted by Crippen LogP contribution is 2.45. The number of carbonyl (C=O) groups excluding carboxylic acids is 1. The van der Waals surface area contributed by atoms with Crippen molar-refractivity contribution in [2.24, 2.45) is 0 Å². The maximum Gasteiger partial charge on any atom is 0.274 e. The summed E-state index contributed by atoms with van der Waals surface area (Å²) in [6.45, 7) is 4.04. The zero-order valence-electron chi connectivity index (χ0n) is 13.2. The zero-order chi connectivity index (χ0) is 15.9. The molecule has 0 saturated carbocycles. The number of hydrogen-bond donors (Lipinski definition) is 0. The van der Waals surface area contributed by atoms with Gasteiger partial charge in [0.2, 0.25) is 0 Å². The number of piperidine rings is 1. The van der Waals surface area contributed by atoms with Gasteiger partial charge < -0.3 is 9.64 Å². The van der Waals surface area contributed by atoms with Gasteiger partial charge in [-0.05, 0) is 38.0 Å². The molecule has 1 fully saturated rings. The van der Waals surface area contributed by atoms with Crippen molar-refractivity contribution in [2.75, 3.05) is 19.7 Å². The molecule has 0 unspecified atom stereocenters. The Balaban J connectivity index is 1.50. The summed E-state index contributed by atoms with van der Waals surface area (Å²) in [6.07, 6.45) is 1.85. The molecule has 0 atom stereocenters. The van der Waals surface area contributed by atoms with Crippen molar-refractivity contribution in [3.8, 4) is 5.75 Å². The molecule has 1 aromatic heterocycles. The number of aryl methyl sites for hydroxylation is 1. The van der Waals surface area contributed by atoms with E-state index >= 15 is 0 Å². The SMILES string of the molecule is Cc1ccc(C(=O)N2CCC3(CC2)COc2ccccc23)nn1. The molecule has 118 valence electrons. The number of ether oxygens (including phenoxy) is 1. The van der Waals surface area contributed by atoms with Gasteiger partial charge in [-0.25, -0.2) is 0 Å². The standard InChI is InChI=1S/C18H19N3O2/c1-13-6-7-15(20-19-13)17(22)21-10-8-18(9-11-21)12-23-16-5-3-2-4-14(16)18/h2-7H,8-12H2,1H3. The van der Waals surface area contributed by atoms with Gasteiger partial charge in [-0.2, -0.15) is 5.10 Å². The highest BCUT2D eigenvalue weighted by atomic mass is 16.5. The minimum atomic E-state index is -0.0282. The average Bonchev–Trinajstić information content (AvgIpc) is 2.95.